The van der Waals surface area contributed by atoms with Crippen LogP contribution in [0.4, 0.5) is 4.39 Å². The predicted molar refractivity (Wildman–Crippen MR) is 62.3 cm³/mol. The van der Waals surface area contributed by atoms with Crippen molar-refractivity contribution in [3.63, 3.8) is 0 Å². The van der Waals surface area contributed by atoms with Gasteiger partial charge in [0.2, 0.25) is 5.67 Å². The minimum absolute atomic E-state index is 0.254. The van der Waals surface area contributed by atoms with Crippen molar-refractivity contribution in [3.05, 3.63) is 32.7 Å². The summed E-state index contributed by atoms with van der Waals surface area (Å²) >= 11 is 6.51. The van der Waals surface area contributed by atoms with Crippen LogP contribution in [0.2, 0.25) is 0 Å². The van der Waals surface area contributed by atoms with Gasteiger partial charge in [0.25, 0.3) is 0 Å². The Labute approximate surface area is 104 Å². The number of alkyl halides is 1. The standard InChI is InChI=1S/C10H9Br2FO2/c1-10(13,9(14)15-2)6-3-4-7(11)8(12)5-6/h3-5H,1-2H3. The highest BCUT2D eigenvalue weighted by Crippen LogP contribution is 2.32. The van der Waals surface area contributed by atoms with Gasteiger partial charge in [0.15, 0.2) is 0 Å². The Morgan fingerprint density at radius 3 is 2.47 bits per heavy atom. The van der Waals surface area contributed by atoms with Crippen LogP contribution in [-0.2, 0) is 15.2 Å². The number of ether oxygens (including phenoxy) is 1. The Morgan fingerprint density at radius 2 is 2.00 bits per heavy atom. The summed E-state index contributed by atoms with van der Waals surface area (Å²) in [7, 11) is 1.16. The third-order valence-electron chi connectivity index (χ3n) is 2.03. The van der Waals surface area contributed by atoms with Crippen LogP contribution in [0.15, 0.2) is 27.1 Å². The third-order valence-corrected chi connectivity index (χ3v) is 3.91. The van der Waals surface area contributed by atoms with Gasteiger partial charge in [0.1, 0.15) is 0 Å². The molecule has 0 saturated carbocycles. The molecule has 0 radical (unpaired) electrons. The van der Waals surface area contributed by atoms with Gasteiger partial charge in [-0.15, -0.1) is 0 Å². The SMILES string of the molecule is COC(=O)C(C)(F)c1ccc(Br)c(Br)c1. The summed E-state index contributed by atoms with van der Waals surface area (Å²) in [6, 6.07) is 4.74. The first kappa shape index (κ1) is 12.6. The van der Waals surface area contributed by atoms with E-state index in [1.165, 1.54) is 13.0 Å². The maximum absolute atomic E-state index is 14.0. The number of carbonyl (C=O) groups excluding carboxylic acids is 1. The quantitative estimate of drug-likeness (QED) is 0.770. The van der Waals surface area contributed by atoms with Gasteiger partial charge in [-0.1, -0.05) is 6.07 Å². The molecule has 0 aromatic heterocycles. The van der Waals surface area contributed by atoms with Crippen LogP contribution < -0.4 is 0 Å². The van der Waals surface area contributed by atoms with Gasteiger partial charge < -0.3 is 4.74 Å². The van der Waals surface area contributed by atoms with E-state index in [-0.39, 0.29) is 5.56 Å². The number of benzene rings is 1. The summed E-state index contributed by atoms with van der Waals surface area (Å²) in [6.07, 6.45) is 0. The van der Waals surface area contributed by atoms with Crippen molar-refractivity contribution < 1.29 is 13.9 Å². The fourth-order valence-electron chi connectivity index (χ4n) is 1.10. The molecule has 0 aliphatic rings. The van der Waals surface area contributed by atoms with E-state index in [0.717, 1.165) is 11.6 Å². The summed E-state index contributed by atoms with van der Waals surface area (Å²) in [5, 5.41) is 0. The zero-order valence-corrected chi connectivity index (χ0v) is 11.4. The lowest BCUT2D eigenvalue weighted by molar-refractivity contribution is -0.154. The molecule has 0 heterocycles. The summed E-state index contributed by atoms with van der Waals surface area (Å²) in [5.74, 6) is -0.906. The third kappa shape index (κ3) is 2.58. The Bertz CT molecular complexity index is 391. The highest BCUT2D eigenvalue weighted by Gasteiger charge is 2.36. The minimum Gasteiger partial charge on any atom is -0.466 e. The van der Waals surface area contributed by atoms with Crippen LogP contribution in [0.25, 0.3) is 0 Å². The number of esters is 1. The molecule has 15 heavy (non-hydrogen) atoms. The van der Waals surface area contributed by atoms with E-state index in [1.807, 2.05) is 0 Å². The minimum atomic E-state index is -2.13. The number of hydrogen-bond donors (Lipinski definition) is 0. The van der Waals surface area contributed by atoms with Crippen molar-refractivity contribution in [1.82, 2.24) is 0 Å². The lowest BCUT2D eigenvalue weighted by atomic mass is 9.98. The fraction of sp³-hybridized carbons (Fsp3) is 0.300. The first-order valence-electron chi connectivity index (χ1n) is 4.12. The molecule has 0 aliphatic heterocycles. The normalized spacial score (nSPS) is 14.5. The number of carbonyl (C=O) groups is 1. The first-order chi connectivity index (χ1) is 6.89. The van der Waals surface area contributed by atoms with Crippen LogP contribution in [0.3, 0.4) is 0 Å². The summed E-state index contributed by atoms with van der Waals surface area (Å²) < 4.78 is 19.9. The molecule has 0 saturated heterocycles. The van der Waals surface area contributed by atoms with E-state index in [1.54, 1.807) is 12.1 Å². The van der Waals surface area contributed by atoms with Crippen LogP contribution in [0, 0.1) is 0 Å². The zero-order valence-electron chi connectivity index (χ0n) is 8.18. The maximum atomic E-state index is 14.0. The monoisotopic (exact) mass is 338 g/mol. The van der Waals surface area contributed by atoms with Crippen LogP contribution in [0.5, 0.6) is 0 Å². The van der Waals surface area contributed by atoms with E-state index in [0.29, 0.717) is 4.47 Å². The van der Waals surface area contributed by atoms with Crippen molar-refractivity contribution in [3.8, 4) is 0 Å². The van der Waals surface area contributed by atoms with E-state index in [2.05, 4.69) is 36.6 Å². The second-order valence-electron chi connectivity index (χ2n) is 3.12. The molecular weight excluding hydrogens is 331 g/mol. The molecule has 1 aromatic rings. The number of rotatable bonds is 2. The Balaban J connectivity index is 3.16. The van der Waals surface area contributed by atoms with E-state index >= 15 is 0 Å². The number of halogens is 3. The molecule has 0 fully saturated rings. The Hall–Kier alpha value is -0.420. The summed E-state index contributed by atoms with van der Waals surface area (Å²) in [4.78, 5) is 11.2. The number of methoxy groups -OCH3 is 1. The second-order valence-corrected chi connectivity index (χ2v) is 4.83. The van der Waals surface area contributed by atoms with Crippen molar-refractivity contribution in [2.45, 2.75) is 12.6 Å². The van der Waals surface area contributed by atoms with E-state index in [9.17, 15) is 9.18 Å². The van der Waals surface area contributed by atoms with Gasteiger partial charge in [0, 0.05) is 14.5 Å². The molecule has 0 amide bonds. The van der Waals surface area contributed by atoms with E-state index in [4.69, 9.17) is 0 Å². The molecule has 82 valence electrons. The van der Waals surface area contributed by atoms with Crippen molar-refractivity contribution in [2.75, 3.05) is 7.11 Å². The number of hydrogen-bond acceptors (Lipinski definition) is 2. The van der Waals surface area contributed by atoms with Crippen molar-refractivity contribution in [2.24, 2.45) is 0 Å². The topological polar surface area (TPSA) is 26.3 Å². The lowest BCUT2D eigenvalue weighted by Gasteiger charge is -2.18. The second kappa shape index (κ2) is 4.61. The highest BCUT2D eigenvalue weighted by molar-refractivity contribution is 9.13. The van der Waals surface area contributed by atoms with Crippen LogP contribution in [0.1, 0.15) is 12.5 Å². The molecule has 0 N–H and O–H groups in total. The molecule has 5 heteroatoms. The lowest BCUT2D eigenvalue weighted by Crippen LogP contribution is -2.28. The van der Waals surface area contributed by atoms with Gasteiger partial charge in [-0.2, -0.15) is 0 Å². The molecular formula is C10H9Br2FO2. The molecule has 1 unspecified atom stereocenters. The van der Waals surface area contributed by atoms with Crippen molar-refractivity contribution in [1.29, 1.82) is 0 Å². The average molecular weight is 340 g/mol. The van der Waals surface area contributed by atoms with E-state index < -0.39 is 11.6 Å². The van der Waals surface area contributed by atoms with Gasteiger partial charge in [-0.25, -0.2) is 9.18 Å². The smallest absolute Gasteiger partial charge is 0.348 e. The first-order valence-corrected chi connectivity index (χ1v) is 5.71. The van der Waals surface area contributed by atoms with Gasteiger partial charge in [-0.05, 0) is 50.9 Å². The molecule has 2 nitrogen and oxygen atoms in total. The highest BCUT2D eigenvalue weighted by atomic mass is 79.9. The molecule has 1 atom stereocenters. The average Bonchev–Trinajstić information content (AvgIpc) is 2.20. The van der Waals surface area contributed by atoms with Crippen molar-refractivity contribution >= 4 is 37.8 Å². The largest absolute Gasteiger partial charge is 0.466 e. The predicted octanol–water partition coefficient (Wildman–Crippen LogP) is 3.57. The molecule has 0 spiro atoms. The maximum Gasteiger partial charge on any atom is 0.348 e. The molecule has 1 aromatic carbocycles. The molecule has 0 bridgehead atoms. The summed E-state index contributed by atoms with van der Waals surface area (Å²) in [5.41, 5.74) is -1.87. The van der Waals surface area contributed by atoms with Crippen LogP contribution >= 0.6 is 31.9 Å². The van der Waals surface area contributed by atoms with Gasteiger partial charge in [0.05, 0.1) is 7.11 Å². The van der Waals surface area contributed by atoms with Crippen LogP contribution in [-0.4, -0.2) is 13.1 Å². The zero-order chi connectivity index (χ0) is 11.6. The summed E-state index contributed by atoms with van der Waals surface area (Å²) in [6.45, 7) is 1.18. The molecule has 1 rings (SSSR count). The van der Waals surface area contributed by atoms with Gasteiger partial charge >= 0.3 is 5.97 Å². The fourth-order valence-corrected chi connectivity index (χ4v) is 1.72. The Kier molecular flexibility index (Phi) is 3.89. The molecule has 0 aliphatic carbocycles. The van der Waals surface area contributed by atoms with Gasteiger partial charge in [-0.3, -0.25) is 0 Å². The Morgan fingerprint density at radius 1 is 1.40 bits per heavy atom.